The third-order valence-electron chi connectivity index (χ3n) is 5.24. The van der Waals surface area contributed by atoms with Crippen LogP contribution >= 0.6 is 23.4 Å². The van der Waals surface area contributed by atoms with E-state index >= 15 is 0 Å². The number of thioether (sulfide) groups is 1. The van der Waals surface area contributed by atoms with Crippen LogP contribution in [0.5, 0.6) is 5.75 Å². The number of ether oxygens (including phenoxy) is 1. The van der Waals surface area contributed by atoms with Crippen LogP contribution in [0.25, 0.3) is 5.69 Å². The fourth-order valence-electron chi connectivity index (χ4n) is 3.66. The zero-order valence-electron chi connectivity index (χ0n) is 17.3. The molecule has 1 aliphatic rings. The minimum Gasteiger partial charge on any atom is -0.486 e. The van der Waals surface area contributed by atoms with Crippen molar-refractivity contribution in [3.8, 4) is 23.3 Å². The summed E-state index contributed by atoms with van der Waals surface area (Å²) < 4.78 is 8.21. The number of aliphatic hydroxyl groups excluding tert-OH is 1. The summed E-state index contributed by atoms with van der Waals surface area (Å²) in [5.41, 5.74) is 3.63. The largest absolute Gasteiger partial charge is 0.486 e. The molecule has 0 amide bonds. The molecule has 0 aliphatic heterocycles. The number of imidazole rings is 1. The summed E-state index contributed by atoms with van der Waals surface area (Å²) in [5, 5.41) is 11.0. The molecular weight excluding hydrogens is 430 g/mol. The van der Waals surface area contributed by atoms with Crippen LogP contribution in [0.15, 0.2) is 48.0 Å². The molecule has 2 heterocycles. The second-order valence-corrected chi connectivity index (χ2v) is 9.12. The molecular formula is C24H24ClN3O2S. The SMILES string of the molecule is Cc1cc(OCc2cnc(SC3CCCC3)n2-c2cccnc2)c(Cl)cc1C#CCO. The van der Waals surface area contributed by atoms with E-state index in [9.17, 15) is 0 Å². The van der Waals surface area contributed by atoms with E-state index in [2.05, 4.69) is 21.4 Å². The third kappa shape index (κ3) is 5.24. The quantitative estimate of drug-likeness (QED) is 0.520. The van der Waals surface area contributed by atoms with E-state index < -0.39 is 0 Å². The topological polar surface area (TPSA) is 60.2 Å². The number of hydrogen-bond acceptors (Lipinski definition) is 5. The van der Waals surface area contributed by atoms with Crippen LogP contribution in [0.1, 0.15) is 42.5 Å². The van der Waals surface area contributed by atoms with Gasteiger partial charge in [0.1, 0.15) is 19.0 Å². The molecule has 0 saturated heterocycles. The lowest BCUT2D eigenvalue weighted by atomic mass is 10.1. The second kappa shape index (κ2) is 10.2. The van der Waals surface area contributed by atoms with Crippen LogP contribution in [-0.4, -0.2) is 31.5 Å². The van der Waals surface area contributed by atoms with Crippen LogP contribution in [-0.2, 0) is 6.61 Å². The lowest BCUT2D eigenvalue weighted by Gasteiger charge is -2.15. The number of benzene rings is 1. The smallest absolute Gasteiger partial charge is 0.173 e. The number of hydrogen-bond donors (Lipinski definition) is 1. The van der Waals surface area contributed by atoms with E-state index in [1.54, 1.807) is 12.3 Å². The molecule has 4 rings (SSSR count). The number of aryl methyl sites for hydroxylation is 1. The van der Waals surface area contributed by atoms with Gasteiger partial charge in [-0.25, -0.2) is 4.98 Å². The summed E-state index contributed by atoms with van der Waals surface area (Å²) in [4.78, 5) is 8.98. The van der Waals surface area contributed by atoms with E-state index in [-0.39, 0.29) is 6.61 Å². The Morgan fingerprint density at radius 2 is 2.13 bits per heavy atom. The zero-order chi connectivity index (χ0) is 21.6. The van der Waals surface area contributed by atoms with E-state index in [0.29, 0.717) is 22.6 Å². The number of halogens is 1. The van der Waals surface area contributed by atoms with Gasteiger partial charge >= 0.3 is 0 Å². The number of aliphatic hydroxyl groups is 1. The van der Waals surface area contributed by atoms with Gasteiger partial charge in [-0.05, 0) is 49.6 Å². The molecule has 0 spiro atoms. The first kappa shape index (κ1) is 21.8. The summed E-state index contributed by atoms with van der Waals surface area (Å²) in [6.07, 6.45) is 10.5. The van der Waals surface area contributed by atoms with Crippen LogP contribution < -0.4 is 4.74 Å². The maximum Gasteiger partial charge on any atom is 0.173 e. The molecule has 0 bridgehead atoms. The second-order valence-electron chi connectivity index (χ2n) is 7.45. The van der Waals surface area contributed by atoms with Crippen molar-refractivity contribution >= 4 is 23.4 Å². The Balaban J connectivity index is 1.58. The fraction of sp³-hybridized carbons (Fsp3) is 0.333. The Kier molecular flexibility index (Phi) is 7.18. The Bertz CT molecular complexity index is 1100. The van der Waals surface area contributed by atoms with Gasteiger partial charge in [-0.2, -0.15) is 0 Å². The van der Waals surface area contributed by atoms with Gasteiger partial charge in [0.15, 0.2) is 5.16 Å². The number of pyridine rings is 1. The third-order valence-corrected chi connectivity index (χ3v) is 6.84. The summed E-state index contributed by atoms with van der Waals surface area (Å²) in [6, 6.07) is 7.61. The monoisotopic (exact) mass is 453 g/mol. The predicted octanol–water partition coefficient (Wildman–Crippen LogP) is 5.19. The Labute approximate surface area is 191 Å². The fourth-order valence-corrected chi connectivity index (χ4v) is 5.18. The first-order valence-electron chi connectivity index (χ1n) is 10.3. The van der Waals surface area contributed by atoms with Crippen molar-refractivity contribution in [3.63, 3.8) is 0 Å². The predicted molar refractivity (Wildman–Crippen MR) is 124 cm³/mol. The molecule has 3 aromatic rings. The van der Waals surface area contributed by atoms with Crippen molar-refractivity contribution < 1.29 is 9.84 Å². The average Bonchev–Trinajstić information content (AvgIpc) is 3.44. The van der Waals surface area contributed by atoms with E-state index in [0.717, 1.165) is 27.7 Å². The van der Waals surface area contributed by atoms with Gasteiger partial charge in [-0.1, -0.05) is 48.0 Å². The summed E-state index contributed by atoms with van der Waals surface area (Å²) >= 11 is 8.27. The molecule has 7 heteroatoms. The van der Waals surface area contributed by atoms with Gasteiger partial charge in [-0.15, -0.1) is 0 Å². The lowest BCUT2D eigenvalue weighted by molar-refractivity contribution is 0.298. The molecule has 1 aromatic carbocycles. The Morgan fingerprint density at radius 1 is 1.29 bits per heavy atom. The zero-order valence-corrected chi connectivity index (χ0v) is 18.9. The highest BCUT2D eigenvalue weighted by Gasteiger charge is 2.21. The van der Waals surface area contributed by atoms with Crippen molar-refractivity contribution in [1.82, 2.24) is 14.5 Å². The lowest BCUT2D eigenvalue weighted by Crippen LogP contribution is -2.07. The molecule has 31 heavy (non-hydrogen) atoms. The van der Waals surface area contributed by atoms with Gasteiger partial charge in [0, 0.05) is 17.0 Å². The van der Waals surface area contributed by atoms with Crippen molar-refractivity contribution in [2.24, 2.45) is 0 Å². The summed E-state index contributed by atoms with van der Waals surface area (Å²) in [7, 11) is 0. The van der Waals surface area contributed by atoms with Gasteiger partial charge in [-0.3, -0.25) is 9.55 Å². The van der Waals surface area contributed by atoms with Crippen LogP contribution in [0.4, 0.5) is 0 Å². The molecule has 160 valence electrons. The standard InChI is InChI=1S/C24H24ClN3O2S/c1-17-12-23(22(25)13-18(17)6-5-11-29)30-16-20-15-27-24(31-21-8-2-3-9-21)28(20)19-7-4-10-26-14-19/h4,7,10,12-15,21,29H,2-3,8-9,11,16H2,1H3. The van der Waals surface area contributed by atoms with E-state index in [1.807, 2.05) is 49.3 Å². The van der Waals surface area contributed by atoms with Crippen molar-refractivity contribution in [3.05, 3.63) is 64.7 Å². The van der Waals surface area contributed by atoms with E-state index in [1.165, 1.54) is 25.7 Å². The van der Waals surface area contributed by atoms with E-state index in [4.69, 9.17) is 26.4 Å². The first-order chi connectivity index (χ1) is 15.2. The molecule has 0 radical (unpaired) electrons. The minimum absolute atomic E-state index is 0.186. The summed E-state index contributed by atoms with van der Waals surface area (Å²) in [6.45, 7) is 2.09. The molecule has 5 nitrogen and oxygen atoms in total. The number of rotatable bonds is 6. The van der Waals surface area contributed by atoms with Crippen molar-refractivity contribution in [2.75, 3.05) is 6.61 Å². The van der Waals surface area contributed by atoms with Crippen molar-refractivity contribution in [1.29, 1.82) is 0 Å². The Morgan fingerprint density at radius 3 is 2.87 bits per heavy atom. The number of aromatic nitrogens is 3. The average molecular weight is 454 g/mol. The molecule has 0 unspecified atom stereocenters. The molecule has 0 atom stereocenters. The van der Waals surface area contributed by atoms with Gasteiger partial charge in [0.25, 0.3) is 0 Å². The molecule has 1 N–H and O–H groups in total. The van der Waals surface area contributed by atoms with Crippen LogP contribution in [0.3, 0.4) is 0 Å². The normalized spacial score (nSPS) is 13.8. The van der Waals surface area contributed by atoms with Gasteiger partial charge in [0.05, 0.1) is 28.8 Å². The molecule has 1 fully saturated rings. The van der Waals surface area contributed by atoms with Crippen LogP contribution in [0.2, 0.25) is 5.02 Å². The van der Waals surface area contributed by atoms with Crippen LogP contribution in [0, 0.1) is 18.8 Å². The highest BCUT2D eigenvalue weighted by molar-refractivity contribution is 7.99. The first-order valence-corrected chi connectivity index (χ1v) is 11.6. The highest BCUT2D eigenvalue weighted by atomic mass is 35.5. The number of nitrogens with zero attached hydrogens (tertiary/aromatic N) is 3. The molecule has 1 saturated carbocycles. The maximum absolute atomic E-state index is 8.92. The molecule has 1 aliphatic carbocycles. The highest BCUT2D eigenvalue weighted by Crippen LogP contribution is 2.36. The maximum atomic E-state index is 8.92. The minimum atomic E-state index is -0.186. The Hall–Kier alpha value is -2.46. The van der Waals surface area contributed by atoms with Gasteiger partial charge in [0.2, 0.25) is 0 Å². The van der Waals surface area contributed by atoms with Crippen molar-refractivity contribution in [2.45, 2.75) is 49.6 Å². The van der Waals surface area contributed by atoms with Gasteiger partial charge < -0.3 is 9.84 Å². The summed E-state index contributed by atoms with van der Waals surface area (Å²) in [5.74, 6) is 6.16. The molecule has 2 aromatic heterocycles.